The molecule has 10 heteroatoms. The maximum atomic E-state index is 13.1. The summed E-state index contributed by atoms with van der Waals surface area (Å²) in [5.41, 5.74) is 1.96. The average Bonchev–Trinajstić information content (AvgIpc) is 2.84. The van der Waals surface area contributed by atoms with Gasteiger partial charge in [-0.3, -0.25) is 9.59 Å². The van der Waals surface area contributed by atoms with Crippen LogP contribution in [-0.4, -0.2) is 81.8 Å². The summed E-state index contributed by atoms with van der Waals surface area (Å²) < 4.78 is 32.7. The number of hydrogen-bond donors (Lipinski definition) is 0. The van der Waals surface area contributed by atoms with Crippen LogP contribution in [-0.2, 0) is 14.8 Å². The van der Waals surface area contributed by atoms with Crippen LogP contribution in [0.4, 0.5) is 5.69 Å². The largest absolute Gasteiger partial charge is 0.379 e. The topological polar surface area (TPSA) is 87.2 Å². The van der Waals surface area contributed by atoms with Crippen LogP contribution >= 0.6 is 11.6 Å². The second-order valence-electron chi connectivity index (χ2n) is 8.04. The van der Waals surface area contributed by atoms with Gasteiger partial charge in [-0.1, -0.05) is 11.6 Å². The molecule has 0 radical (unpaired) electrons. The lowest BCUT2D eigenvalue weighted by atomic mass is 10.1. The molecular formula is C23H26ClN3O5S. The number of hydrogen-bond acceptors (Lipinski definition) is 6. The molecular weight excluding hydrogens is 466 g/mol. The smallest absolute Gasteiger partial charge is 0.254 e. The molecule has 0 bridgehead atoms. The predicted molar refractivity (Wildman–Crippen MR) is 126 cm³/mol. The van der Waals surface area contributed by atoms with Crippen LogP contribution in [0.25, 0.3) is 0 Å². The van der Waals surface area contributed by atoms with Gasteiger partial charge in [0, 0.05) is 56.1 Å². The van der Waals surface area contributed by atoms with Gasteiger partial charge in [0.2, 0.25) is 10.0 Å². The minimum atomic E-state index is -3.82. The van der Waals surface area contributed by atoms with Crippen molar-refractivity contribution in [3.05, 3.63) is 58.6 Å². The van der Waals surface area contributed by atoms with Crippen LogP contribution in [0.3, 0.4) is 0 Å². The Morgan fingerprint density at radius 3 is 2.09 bits per heavy atom. The van der Waals surface area contributed by atoms with Crippen LogP contribution in [0.5, 0.6) is 0 Å². The Morgan fingerprint density at radius 2 is 1.48 bits per heavy atom. The second-order valence-corrected chi connectivity index (χ2v) is 10.4. The zero-order valence-electron chi connectivity index (χ0n) is 18.4. The zero-order chi connectivity index (χ0) is 23.6. The number of morpholine rings is 1. The lowest BCUT2D eigenvalue weighted by Gasteiger charge is -2.36. The highest BCUT2D eigenvalue weighted by Crippen LogP contribution is 2.27. The van der Waals surface area contributed by atoms with Crippen molar-refractivity contribution in [1.29, 1.82) is 0 Å². The summed E-state index contributed by atoms with van der Waals surface area (Å²) in [5.74, 6) is -0.202. The Bertz CT molecular complexity index is 1140. The highest BCUT2D eigenvalue weighted by molar-refractivity contribution is 7.89. The molecule has 2 aromatic carbocycles. The normalized spacial score (nSPS) is 17.8. The average molecular weight is 492 g/mol. The molecule has 2 aliphatic rings. The number of carbonyl (C=O) groups is 2. The van der Waals surface area contributed by atoms with Crippen molar-refractivity contribution in [1.82, 2.24) is 9.21 Å². The van der Waals surface area contributed by atoms with E-state index in [0.717, 1.165) is 5.69 Å². The number of carbonyl (C=O) groups excluding carboxylic acids is 2. The molecule has 2 saturated heterocycles. The maximum Gasteiger partial charge on any atom is 0.254 e. The van der Waals surface area contributed by atoms with E-state index >= 15 is 0 Å². The quantitative estimate of drug-likeness (QED) is 0.597. The van der Waals surface area contributed by atoms with Crippen molar-refractivity contribution in [2.45, 2.75) is 11.8 Å². The molecule has 0 aromatic heterocycles. The number of anilines is 1. The fourth-order valence-electron chi connectivity index (χ4n) is 4.02. The third-order valence-electron chi connectivity index (χ3n) is 5.97. The van der Waals surface area contributed by atoms with Crippen molar-refractivity contribution >= 4 is 39.0 Å². The lowest BCUT2D eigenvalue weighted by Crippen LogP contribution is -2.48. The number of halogens is 1. The highest BCUT2D eigenvalue weighted by atomic mass is 35.5. The molecule has 8 nitrogen and oxygen atoms in total. The van der Waals surface area contributed by atoms with Crippen LogP contribution in [0.2, 0.25) is 5.02 Å². The van der Waals surface area contributed by atoms with E-state index in [1.807, 2.05) is 12.1 Å². The number of Topliss-reactive ketones (excluding diaryl/α,β-unsaturated/α-hetero) is 1. The Labute approximate surface area is 198 Å². The first kappa shape index (κ1) is 23.7. The summed E-state index contributed by atoms with van der Waals surface area (Å²) in [6.07, 6.45) is 0. The molecule has 0 unspecified atom stereocenters. The third kappa shape index (κ3) is 5.06. The third-order valence-corrected chi connectivity index (χ3v) is 8.35. The van der Waals surface area contributed by atoms with Crippen LogP contribution in [0.15, 0.2) is 47.4 Å². The molecule has 4 rings (SSSR count). The second kappa shape index (κ2) is 9.80. The Kier molecular flexibility index (Phi) is 7.04. The van der Waals surface area contributed by atoms with E-state index in [9.17, 15) is 18.0 Å². The molecule has 0 N–H and O–H groups in total. The van der Waals surface area contributed by atoms with Crippen LogP contribution < -0.4 is 4.90 Å². The van der Waals surface area contributed by atoms with Crippen molar-refractivity contribution < 1.29 is 22.7 Å². The molecule has 1 amide bonds. The minimum Gasteiger partial charge on any atom is -0.379 e. The summed E-state index contributed by atoms with van der Waals surface area (Å²) in [6.45, 7) is 4.99. The van der Waals surface area contributed by atoms with Gasteiger partial charge in [0.25, 0.3) is 5.91 Å². The number of nitrogens with zero attached hydrogens (tertiary/aromatic N) is 3. The van der Waals surface area contributed by atoms with Gasteiger partial charge in [-0.15, -0.1) is 0 Å². The molecule has 2 fully saturated rings. The monoisotopic (exact) mass is 491 g/mol. The first-order chi connectivity index (χ1) is 15.8. The maximum absolute atomic E-state index is 13.1. The Hall–Kier alpha value is -2.46. The van der Waals surface area contributed by atoms with E-state index in [2.05, 4.69) is 4.90 Å². The van der Waals surface area contributed by atoms with Gasteiger partial charge in [0.05, 0.1) is 18.2 Å². The van der Waals surface area contributed by atoms with E-state index in [4.69, 9.17) is 16.3 Å². The van der Waals surface area contributed by atoms with Gasteiger partial charge >= 0.3 is 0 Å². The van der Waals surface area contributed by atoms with Crippen molar-refractivity contribution in [3.63, 3.8) is 0 Å². The van der Waals surface area contributed by atoms with Crippen molar-refractivity contribution in [2.24, 2.45) is 0 Å². The molecule has 0 spiro atoms. The number of piperazine rings is 1. The Balaban J connectivity index is 1.45. The fraction of sp³-hybridized carbons (Fsp3) is 0.391. The van der Waals surface area contributed by atoms with Gasteiger partial charge in [-0.05, 0) is 49.4 Å². The van der Waals surface area contributed by atoms with Gasteiger partial charge in [-0.2, -0.15) is 4.31 Å². The summed E-state index contributed by atoms with van der Waals surface area (Å²) in [6, 6.07) is 11.8. The van der Waals surface area contributed by atoms with Crippen molar-refractivity contribution in [2.75, 3.05) is 57.4 Å². The van der Waals surface area contributed by atoms with Crippen molar-refractivity contribution in [3.8, 4) is 0 Å². The summed E-state index contributed by atoms with van der Waals surface area (Å²) in [7, 11) is -3.82. The number of ether oxygens (including phenoxy) is 1. The van der Waals surface area contributed by atoms with E-state index in [-0.39, 0.29) is 34.7 Å². The van der Waals surface area contributed by atoms with E-state index < -0.39 is 10.0 Å². The van der Waals surface area contributed by atoms with Gasteiger partial charge in [0.15, 0.2) is 5.78 Å². The van der Waals surface area contributed by atoms with Gasteiger partial charge in [-0.25, -0.2) is 8.42 Å². The number of ketones is 1. The zero-order valence-corrected chi connectivity index (χ0v) is 19.9. The Morgan fingerprint density at radius 1 is 0.879 bits per heavy atom. The molecule has 176 valence electrons. The SMILES string of the molecule is CC(=O)c1ccc(N2CCN(C(=O)c3ccc(Cl)c(S(=O)(=O)N4CCOCC4)c3)CC2)cc1. The van der Waals surface area contributed by atoms with Gasteiger partial charge < -0.3 is 14.5 Å². The summed E-state index contributed by atoms with van der Waals surface area (Å²) >= 11 is 6.22. The molecule has 2 aromatic rings. The van der Waals surface area contributed by atoms with Crippen LogP contribution in [0.1, 0.15) is 27.6 Å². The molecule has 0 aliphatic carbocycles. The number of amides is 1. The number of rotatable bonds is 5. The van der Waals surface area contributed by atoms with E-state index in [0.29, 0.717) is 50.5 Å². The minimum absolute atomic E-state index is 0.0231. The van der Waals surface area contributed by atoms with E-state index in [1.54, 1.807) is 23.1 Å². The summed E-state index contributed by atoms with van der Waals surface area (Å²) in [4.78, 5) is 28.4. The number of sulfonamides is 1. The van der Waals surface area contributed by atoms with Gasteiger partial charge in [0.1, 0.15) is 4.90 Å². The van der Waals surface area contributed by atoms with E-state index in [1.165, 1.54) is 23.4 Å². The van der Waals surface area contributed by atoms with Crippen LogP contribution in [0, 0.1) is 0 Å². The molecule has 0 atom stereocenters. The standard InChI is InChI=1S/C23H26ClN3O5S/c1-17(28)18-2-5-20(6-3-18)25-8-10-26(11-9-25)23(29)19-4-7-21(24)22(16-19)33(30,31)27-12-14-32-15-13-27/h2-7,16H,8-15H2,1H3. The first-order valence-electron chi connectivity index (χ1n) is 10.8. The fourth-order valence-corrected chi connectivity index (χ4v) is 5.93. The first-order valence-corrected chi connectivity index (χ1v) is 12.6. The molecule has 2 aliphatic heterocycles. The molecule has 33 heavy (non-hydrogen) atoms. The molecule has 0 saturated carbocycles. The lowest BCUT2D eigenvalue weighted by molar-refractivity contribution is 0.0729. The highest BCUT2D eigenvalue weighted by Gasteiger charge is 2.30. The molecule has 2 heterocycles. The number of benzene rings is 2. The predicted octanol–water partition coefficient (Wildman–Crippen LogP) is 2.53. The summed E-state index contributed by atoms with van der Waals surface area (Å²) in [5, 5.41) is 0.0943.